The van der Waals surface area contributed by atoms with Crippen molar-refractivity contribution in [2.75, 3.05) is 6.54 Å². The van der Waals surface area contributed by atoms with Crippen molar-refractivity contribution in [2.45, 2.75) is 53.0 Å². The van der Waals surface area contributed by atoms with E-state index in [1.165, 1.54) is 16.9 Å². The maximum atomic E-state index is 12.3. The minimum atomic E-state index is 0.0588. The number of carbonyl (C=O) groups is 1. The molecule has 0 radical (unpaired) electrons. The van der Waals surface area contributed by atoms with Crippen molar-refractivity contribution in [2.24, 2.45) is 5.92 Å². The average Bonchev–Trinajstić information content (AvgIpc) is 3.06. The number of nitrogens with zero attached hydrogens (tertiary/aromatic N) is 3. The lowest BCUT2D eigenvalue weighted by atomic mass is 9.90. The van der Waals surface area contributed by atoms with Crippen LogP contribution in [-0.4, -0.2) is 27.2 Å². The predicted molar refractivity (Wildman–Crippen MR) is 92.0 cm³/mol. The zero-order valence-corrected chi connectivity index (χ0v) is 14.9. The number of aryl methyl sites for hydroxylation is 4. The van der Waals surface area contributed by atoms with Crippen LogP contribution in [0.25, 0.3) is 0 Å². The van der Waals surface area contributed by atoms with E-state index in [-0.39, 0.29) is 5.91 Å². The van der Waals surface area contributed by atoms with Crippen molar-refractivity contribution in [3.05, 3.63) is 33.0 Å². The number of aromatic nitrogens is 3. The topological polar surface area (TPSA) is 59.8 Å². The van der Waals surface area contributed by atoms with E-state index in [9.17, 15) is 4.79 Å². The summed E-state index contributed by atoms with van der Waals surface area (Å²) in [6.45, 7) is 7.58. The number of rotatable bonds is 5. The fraction of sp³-hybridized carbons (Fsp3) is 0.588. The third kappa shape index (κ3) is 3.80. The molecule has 2 aromatic rings. The summed E-state index contributed by atoms with van der Waals surface area (Å²) in [7, 11) is 0. The third-order valence-electron chi connectivity index (χ3n) is 4.35. The highest BCUT2D eigenvalue weighted by Crippen LogP contribution is 2.32. The lowest BCUT2D eigenvalue weighted by Gasteiger charge is -2.16. The molecule has 0 saturated carbocycles. The first-order valence-electron chi connectivity index (χ1n) is 8.30. The summed E-state index contributed by atoms with van der Waals surface area (Å²) < 4.78 is 1.90. The number of fused-ring (bicyclic) bond motifs is 1. The van der Waals surface area contributed by atoms with Gasteiger partial charge in [-0.05, 0) is 57.1 Å². The fourth-order valence-corrected chi connectivity index (χ4v) is 4.23. The molecule has 0 saturated heterocycles. The van der Waals surface area contributed by atoms with Crippen LogP contribution < -0.4 is 5.32 Å². The number of carbonyl (C=O) groups excluding carboxylic acids is 1. The van der Waals surface area contributed by atoms with Gasteiger partial charge in [0.25, 0.3) is 5.91 Å². The van der Waals surface area contributed by atoms with Gasteiger partial charge in [0.15, 0.2) is 0 Å². The summed E-state index contributed by atoms with van der Waals surface area (Å²) >= 11 is 1.67. The Kier molecular flexibility index (Phi) is 4.80. The molecule has 1 aliphatic rings. The summed E-state index contributed by atoms with van der Waals surface area (Å²) in [5.41, 5.74) is 1.38. The van der Waals surface area contributed by atoms with Gasteiger partial charge in [0.1, 0.15) is 11.6 Å². The standard InChI is InChI=1S/C17H24N4OS/c1-11-5-6-15-14(9-11)10-16(23-15)17(22)18-7-4-8-21-13(3)19-12(2)20-21/h10-11H,4-9H2,1-3H3,(H,18,22)/t11-/m0/s1. The van der Waals surface area contributed by atoms with Crippen molar-refractivity contribution in [3.63, 3.8) is 0 Å². The second-order valence-electron chi connectivity index (χ2n) is 6.45. The second-order valence-corrected chi connectivity index (χ2v) is 7.58. The lowest BCUT2D eigenvalue weighted by molar-refractivity contribution is 0.0956. The summed E-state index contributed by atoms with van der Waals surface area (Å²) in [4.78, 5) is 18.8. The van der Waals surface area contributed by atoms with Crippen molar-refractivity contribution < 1.29 is 4.79 Å². The molecule has 0 spiro atoms. The molecule has 3 rings (SSSR count). The molecule has 1 atom stereocenters. The number of hydrogen-bond donors (Lipinski definition) is 1. The highest BCUT2D eigenvalue weighted by molar-refractivity contribution is 7.14. The predicted octanol–water partition coefficient (Wildman–Crippen LogP) is 2.90. The molecule has 2 aromatic heterocycles. The van der Waals surface area contributed by atoms with Crippen LogP contribution in [0.15, 0.2) is 6.07 Å². The van der Waals surface area contributed by atoms with Gasteiger partial charge in [-0.15, -0.1) is 11.3 Å². The van der Waals surface area contributed by atoms with E-state index in [0.717, 1.165) is 48.3 Å². The van der Waals surface area contributed by atoms with Gasteiger partial charge in [-0.1, -0.05) is 6.92 Å². The molecule has 0 aliphatic heterocycles. The van der Waals surface area contributed by atoms with Gasteiger partial charge >= 0.3 is 0 Å². The molecule has 23 heavy (non-hydrogen) atoms. The van der Waals surface area contributed by atoms with E-state index in [2.05, 4.69) is 28.4 Å². The lowest BCUT2D eigenvalue weighted by Crippen LogP contribution is -2.24. The zero-order chi connectivity index (χ0) is 16.4. The molecule has 5 nitrogen and oxygen atoms in total. The van der Waals surface area contributed by atoms with E-state index < -0.39 is 0 Å². The quantitative estimate of drug-likeness (QED) is 0.857. The first kappa shape index (κ1) is 16.2. The zero-order valence-electron chi connectivity index (χ0n) is 14.1. The maximum Gasteiger partial charge on any atom is 0.261 e. The molecule has 0 fully saturated rings. The second kappa shape index (κ2) is 6.83. The van der Waals surface area contributed by atoms with Crippen LogP contribution in [0.2, 0.25) is 0 Å². The SMILES string of the molecule is Cc1nc(C)n(CCCNC(=O)c2cc3c(s2)CC[C@H](C)C3)n1. The molecule has 1 N–H and O–H groups in total. The summed E-state index contributed by atoms with van der Waals surface area (Å²) in [5.74, 6) is 2.52. The minimum absolute atomic E-state index is 0.0588. The molecule has 6 heteroatoms. The Labute approximate surface area is 141 Å². The minimum Gasteiger partial charge on any atom is -0.351 e. The van der Waals surface area contributed by atoms with Crippen molar-refractivity contribution in [3.8, 4) is 0 Å². The molecule has 0 unspecified atom stereocenters. The Morgan fingerprint density at radius 2 is 2.30 bits per heavy atom. The first-order valence-corrected chi connectivity index (χ1v) is 9.12. The van der Waals surface area contributed by atoms with Gasteiger partial charge in [-0.2, -0.15) is 5.10 Å². The normalized spacial score (nSPS) is 17.1. The van der Waals surface area contributed by atoms with E-state index >= 15 is 0 Å². The van der Waals surface area contributed by atoms with Gasteiger partial charge in [0.05, 0.1) is 4.88 Å². The van der Waals surface area contributed by atoms with Crippen LogP contribution in [0.4, 0.5) is 0 Å². The Hall–Kier alpha value is -1.69. The maximum absolute atomic E-state index is 12.3. The monoisotopic (exact) mass is 332 g/mol. The van der Waals surface area contributed by atoms with Crippen LogP contribution in [0, 0.1) is 19.8 Å². The number of thiophene rings is 1. The first-order chi connectivity index (χ1) is 11.0. The van der Waals surface area contributed by atoms with Gasteiger partial charge in [0.2, 0.25) is 0 Å². The summed E-state index contributed by atoms with van der Waals surface area (Å²) in [6.07, 6.45) is 4.34. The molecular formula is C17H24N4OS. The summed E-state index contributed by atoms with van der Waals surface area (Å²) in [5, 5.41) is 7.36. The largest absolute Gasteiger partial charge is 0.351 e. The number of nitrogens with one attached hydrogen (secondary N) is 1. The number of hydrogen-bond acceptors (Lipinski definition) is 4. The smallest absolute Gasteiger partial charge is 0.261 e. The molecule has 0 aromatic carbocycles. The molecule has 1 aliphatic carbocycles. The molecular weight excluding hydrogens is 308 g/mol. The van der Waals surface area contributed by atoms with Crippen molar-refractivity contribution in [1.82, 2.24) is 20.1 Å². The Balaban J connectivity index is 1.49. The van der Waals surface area contributed by atoms with Gasteiger partial charge < -0.3 is 5.32 Å². The van der Waals surface area contributed by atoms with Gasteiger partial charge in [-0.25, -0.2) is 4.98 Å². The highest BCUT2D eigenvalue weighted by atomic mass is 32.1. The fourth-order valence-electron chi connectivity index (χ4n) is 3.11. The van der Waals surface area contributed by atoms with Crippen LogP contribution in [0.1, 0.15) is 51.5 Å². The van der Waals surface area contributed by atoms with Crippen LogP contribution in [-0.2, 0) is 19.4 Å². The van der Waals surface area contributed by atoms with E-state index in [0.29, 0.717) is 6.54 Å². The van der Waals surface area contributed by atoms with Gasteiger partial charge in [-0.3, -0.25) is 9.48 Å². The number of amides is 1. The van der Waals surface area contributed by atoms with Crippen LogP contribution in [0.3, 0.4) is 0 Å². The van der Waals surface area contributed by atoms with E-state index in [1.54, 1.807) is 11.3 Å². The average molecular weight is 332 g/mol. The van der Waals surface area contributed by atoms with Crippen molar-refractivity contribution in [1.29, 1.82) is 0 Å². The van der Waals surface area contributed by atoms with E-state index in [4.69, 9.17) is 0 Å². The Morgan fingerprint density at radius 3 is 3.04 bits per heavy atom. The van der Waals surface area contributed by atoms with Crippen LogP contribution in [0.5, 0.6) is 0 Å². The van der Waals surface area contributed by atoms with Crippen molar-refractivity contribution >= 4 is 17.2 Å². The third-order valence-corrected chi connectivity index (χ3v) is 5.58. The Bertz CT molecular complexity index is 704. The molecule has 2 heterocycles. The van der Waals surface area contributed by atoms with Crippen LogP contribution >= 0.6 is 11.3 Å². The molecule has 1 amide bonds. The molecule has 124 valence electrons. The Morgan fingerprint density at radius 1 is 1.48 bits per heavy atom. The van der Waals surface area contributed by atoms with E-state index in [1.807, 2.05) is 18.5 Å². The molecule has 0 bridgehead atoms. The highest BCUT2D eigenvalue weighted by Gasteiger charge is 2.20. The van der Waals surface area contributed by atoms with Gasteiger partial charge in [0, 0.05) is 18.0 Å². The summed E-state index contributed by atoms with van der Waals surface area (Å²) in [6, 6.07) is 2.09.